The van der Waals surface area contributed by atoms with Crippen LogP contribution in [-0.4, -0.2) is 5.97 Å². The summed E-state index contributed by atoms with van der Waals surface area (Å²) in [5.41, 5.74) is 8.51. The highest BCUT2D eigenvalue weighted by molar-refractivity contribution is 6.03. The molecule has 0 aromatic heterocycles. The van der Waals surface area contributed by atoms with E-state index in [1.807, 2.05) is 32.0 Å². The molecule has 0 atom stereocenters. The van der Waals surface area contributed by atoms with Crippen LogP contribution in [0.3, 0.4) is 0 Å². The van der Waals surface area contributed by atoms with Crippen LogP contribution in [0.25, 0.3) is 0 Å². The van der Waals surface area contributed by atoms with Gasteiger partial charge in [-0.05, 0) is 86.6 Å². The molecule has 3 aromatic carbocycles. The molecule has 140 valence electrons. The van der Waals surface area contributed by atoms with Crippen LogP contribution >= 0.6 is 0 Å². The zero-order chi connectivity index (χ0) is 19.3. The quantitative estimate of drug-likeness (QED) is 0.379. The second kappa shape index (κ2) is 6.52. The molecule has 5 rings (SSSR count). The number of hydrogen-bond acceptors (Lipinski definition) is 3. The molecule has 0 amide bonds. The van der Waals surface area contributed by atoms with Gasteiger partial charge in [-0.15, -0.1) is 0 Å². The Morgan fingerprint density at radius 3 is 2.43 bits per heavy atom. The molecule has 0 unspecified atom stereocenters. The van der Waals surface area contributed by atoms with Crippen LogP contribution in [-0.2, 0) is 12.8 Å². The molecule has 2 aliphatic rings. The average molecular weight is 369 g/mol. The normalized spacial score (nSPS) is 15.2. The van der Waals surface area contributed by atoms with Gasteiger partial charge in [-0.3, -0.25) is 0 Å². The number of rotatable bonds is 1. The lowest BCUT2D eigenvalue weighted by atomic mass is 9.89. The summed E-state index contributed by atoms with van der Waals surface area (Å²) in [7, 11) is 0. The van der Waals surface area contributed by atoms with Gasteiger partial charge in [0.1, 0.15) is 0 Å². The summed E-state index contributed by atoms with van der Waals surface area (Å²) in [5.74, 6) is 0.324. The molecule has 1 aliphatic heterocycles. The third kappa shape index (κ3) is 2.70. The van der Waals surface area contributed by atoms with E-state index in [4.69, 9.17) is 4.74 Å². The van der Waals surface area contributed by atoms with Crippen molar-refractivity contribution in [2.75, 3.05) is 4.90 Å². The first-order chi connectivity index (χ1) is 13.6. The standard InChI is InChI=1S/C25H23NO2/c1-16-10-12-22-20(14-16)25(27)28-24-15-17(2)11-13-23(24)26(22)21-9-5-7-18-6-3-4-8-19(18)21/h5,7,9-15H,3-4,6,8H2,1-2H3. The van der Waals surface area contributed by atoms with Crippen LogP contribution in [0.1, 0.15) is 45.5 Å². The molecular formula is C25H23NO2. The number of carbonyl (C=O) groups is 1. The van der Waals surface area contributed by atoms with Crippen LogP contribution in [0, 0.1) is 13.8 Å². The zero-order valence-corrected chi connectivity index (χ0v) is 16.3. The van der Waals surface area contributed by atoms with E-state index in [2.05, 4.69) is 41.3 Å². The highest BCUT2D eigenvalue weighted by atomic mass is 16.5. The first kappa shape index (κ1) is 17.1. The number of hydrogen-bond donors (Lipinski definition) is 0. The molecule has 0 saturated carbocycles. The van der Waals surface area contributed by atoms with Gasteiger partial charge in [-0.2, -0.15) is 0 Å². The zero-order valence-electron chi connectivity index (χ0n) is 16.3. The van der Waals surface area contributed by atoms with Crippen molar-refractivity contribution >= 4 is 23.0 Å². The molecule has 3 nitrogen and oxygen atoms in total. The lowest BCUT2D eigenvalue weighted by Crippen LogP contribution is -2.16. The van der Waals surface area contributed by atoms with Gasteiger partial charge >= 0.3 is 5.97 Å². The van der Waals surface area contributed by atoms with Crippen molar-refractivity contribution < 1.29 is 9.53 Å². The summed E-state index contributed by atoms with van der Waals surface area (Å²) in [6.07, 6.45) is 4.63. The average Bonchev–Trinajstić information content (AvgIpc) is 2.81. The summed E-state index contributed by atoms with van der Waals surface area (Å²) >= 11 is 0. The Hall–Kier alpha value is -3.07. The van der Waals surface area contributed by atoms with Crippen molar-refractivity contribution in [3.8, 4) is 5.75 Å². The first-order valence-electron chi connectivity index (χ1n) is 9.96. The maximum atomic E-state index is 12.9. The molecule has 28 heavy (non-hydrogen) atoms. The minimum absolute atomic E-state index is 0.294. The lowest BCUT2D eigenvalue weighted by Gasteiger charge is -2.30. The van der Waals surface area contributed by atoms with Gasteiger partial charge in [0.2, 0.25) is 0 Å². The van der Waals surface area contributed by atoms with Gasteiger partial charge in [0, 0.05) is 5.69 Å². The number of ether oxygens (including phenoxy) is 1. The molecule has 0 fully saturated rings. The molecule has 0 bridgehead atoms. The van der Waals surface area contributed by atoms with Gasteiger partial charge in [0.25, 0.3) is 0 Å². The van der Waals surface area contributed by atoms with E-state index in [0.29, 0.717) is 11.3 Å². The van der Waals surface area contributed by atoms with E-state index < -0.39 is 0 Å². The van der Waals surface area contributed by atoms with E-state index in [-0.39, 0.29) is 5.97 Å². The largest absolute Gasteiger partial charge is 0.421 e. The van der Waals surface area contributed by atoms with Gasteiger partial charge in [0.15, 0.2) is 5.75 Å². The number of fused-ring (bicyclic) bond motifs is 3. The summed E-state index contributed by atoms with van der Waals surface area (Å²) in [5, 5.41) is 0. The highest BCUT2D eigenvalue weighted by Gasteiger charge is 2.30. The van der Waals surface area contributed by atoms with E-state index in [1.165, 1.54) is 24.0 Å². The van der Waals surface area contributed by atoms with Crippen LogP contribution in [0.4, 0.5) is 17.1 Å². The molecule has 0 spiro atoms. The molecule has 3 aromatic rings. The Balaban J connectivity index is 1.82. The second-order valence-electron chi connectivity index (χ2n) is 7.84. The van der Waals surface area contributed by atoms with Gasteiger partial charge in [0.05, 0.1) is 16.9 Å². The fourth-order valence-electron chi connectivity index (χ4n) is 4.41. The van der Waals surface area contributed by atoms with Crippen molar-refractivity contribution in [3.63, 3.8) is 0 Å². The van der Waals surface area contributed by atoms with E-state index >= 15 is 0 Å². The third-order valence-electron chi connectivity index (χ3n) is 5.78. The minimum Gasteiger partial charge on any atom is -0.421 e. The topological polar surface area (TPSA) is 29.5 Å². The van der Waals surface area contributed by atoms with Crippen LogP contribution in [0.15, 0.2) is 54.6 Å². The number of esters is 1. The molecule has 1 heterocycles. The molecule has 0 saturated heterocycles. The fraction of sp³-hybridized carbons (Fsp3) is 0.240. The van der Waals surface area contributed by atoms with Crippen LogP contribution in [0.5, 0.6) is 5.75 Å². The van der Waals surface area contributed by atoms with E-state index in [0.717, 1.165) is 41.0 Å². The number of carbonyl (C=O) groups excluding carboxylic acids is 1. The summed E-state index contributed by atoms with van der Waals surface area (Å²) in [6, 6.07) is 18.7. The molecule has 3 heteroatoms. The predicted molar refractivity (Wildman–Crippen MR) is 112 cm³/mol. The number of benzene rings is 3. The van der Waals surface area contributed by atoms with Gasteiger partial charge < -0.3 is 9.64 Å². The number of aryl methyl sites for hydroxylation is 3. The Labute approximate surface area is 165 Å². The SMILES string of the molecule is Cc1ccc2c(c1)OC(=O)c1cc(C)ccc1N2c1cccc2c1CCCC2. The van der Waals surface area contributed by atoms with E-state index in [9.17, 15) is 4.79 Å². The smallest absolute Gasteiger partial charge is 0.345 e. The van der Waals surface area contributed by atoms with Crippen molar-refractivity contribution in [2.45, 2.75) is 39.5 Å². The Morgan fingerprint density at radius 1 is 0.821 bits per heavy atom. The van der Waals surface area contributed by atoms with Crippen LogP contribution in [0.2, 0.25) is 0 Å². The van der Waals surface area contributed by atoms with Crippen molar-refractivity contribution in [1.29, 1.82) is 0 Å². The summed E-state index contributed by atoms with van der Waals surface area (Å²) < 4.78 is 5.83. The molecule has 0 radical (unpaired) electrons. The Bertz CT molecular complexity index is 1100. The Morgan fingerprint density at radius 2 is 1.57 bits per heavy atom. The van der Waals surface area contributed by atoms with Gasteiger partial charge in [-0.1, -0.05) is 29.8 Å². The lowest BCUT2D eigenvalue weighted by molar-refractivity contribution is 0.0738. The molecule has 0 N–H and O–H groups in total. The minimum atomic E-state index is -0.294. The summed E-state index contributed by atoms with van der Waals surface area (Å²) in [6.45, 7) is 4.02. The van der Waals surface area contributed by atoms with Crippen molar-refractivity contribution in [2.24, 2.45) is 0 Å². The monoisotopic (exact) mass is 369 g/mol. The van der Waals surface area contributed by atoms with Gasteiger partial charge in [-0.25, -0.2) is 4.79 Å². The highest BCUT2D eigenvalue weighted by Crippen LogP contribution is 2.47. The maximum Gasteiger partial charge on any atom is 0.345 e. The molecular weight excluding hydrogens is 346 g/mol. The maximum absolute atomic E-state index is 12.9. The fourth-order valence-corrected chi connectivity index (χ4v) is 4.41. The second-order valence-corrected chi connectivity index (χ2v) is 7.84. The van der Waals surface area contributed by atoms with Crippen LogP contribution < -0.4 is 9.64 Å². The van der Waals surface area contributed by atoms with Crippen molar-refractivity contribution in [1.82, 2.24) is 0 Å². The molecule has 1 aliphatic carbocycles. The van der Waals surface area contributed by atoms with Crippen molar-refractivity contribution in [3.05, 3.63) is 82.4 Å². The third-order valence-corrected chi connectivity index (χ3v) is 5.78. The predicted octanol–water partition coefficient (Wildman–Crippen LogP) is 6.18. The summed E-state index contributed by atoms with van der Waals surface area (Å²) in [4.78, 5) is 15.2. The number of nitrogens with zero attached hydrogens (tertiary/aromatic N) is 1. The van der Waals surface area contributed by atoms with E-state index in [1.54, 1.807) is 0 Å². The first-order valence-corrected chi connectivity index (χ1v) is 9.96. The number of anilines is 3. The Kier molecular flexibility index (Phi) is 3.97.